The van der Waals surface area contributed by atoms with Gasteiger partial charge in [0.25, 0.3) is 5.91 Å². The molecule has 23 heavy (non-hydrogen) atoms. The first-order valence-electron chi connectivity index (χ1n) is 6.85. The van der Waals surface area contributed by atoms with Crippen LogP contribution < -0.4 is 5.32 Å². The van der Waals surface area contributed by atoms with E-state index in [0.29, 0.717) is 17.2 Å². The SMILES string of the molecule is COCCN(CC(=O)Nc1ccon1)C(=O)c1ccccc1Cl. The molecule has 122 valence electrons. The Balaban J connectivity index is 2.08. The van der Waals surface area contributed by atoms with Gasteiger partial charge >= 0.3 is 0 Å². The second-order valence-corrected chi connectivity index (χ2v) is 5.04. The van der Waals surface area contributed by atoms with Crippen LogP contribution in [0, 0.1) is 0 Å². The predicted molar refractivity (Wildman–Crippen MR) is 84.4 cm³/mol. The number of halogens is 1. The maximum Gasteiger partial charge on any atom is 0.255 e. The van der Waals surface area contributed by atoms with Crippen LogP contribution in [0.2, 0.25) is 5.02 Å². The fourth-order valence-electron chi connectivity index (χ4n) is 1.89. The Morgan fingerprint density at radius 1 is 1.35 bits per heavy atom. The first-order valence-corrected chi connectivity index (χ1v) is 7.22. The molecule has 2 rings (SSSR count). The molecular formula is C15H16ClN3O4. The van der Waals surface area contributed by atoms with Crippen molar-refractivity contribution in [3.8, 4) is 0 Å². The third-order valence-electron chi connectivity index (χ3n) is 3.00. The number of aromatic nitrogens is 1. The van der Waals surface area contributed by atoms with Gasteiger partial charge in [-0.05, 0) is 12.1 Å². The summed E-state index contributed by atoms with van der Waals surface area (Å²) in [6.45, 7) is 0.403. The summed E-state index contributed by atoms with van der Waals surface area (Å²) in [5.74, 6) is -0.453. The largest absolute Gasteiger partial charge is 0.383 e. The van der Waals surface area contributed by atoms with Crippen molar-refractivity contribution in [2.45, 2.75) is 0 Å². The zero-order valence-corrected chi connectivity index (χ0v) is 13.2. The van der Waals surface area contributed by atoms with Gasteiger partial charge in [-0.15, -0.1) is 0 Å². The summed E-state index contributed by atoms with van der Waals surface area (Å²) < 4.78 is 9.63. The summed E-state index contributed by atoms with van der Waals surface area (Å²) >= 11 is 6.05. The summed E-state index contributed by atoms with van der Waals surface area (Å²) in [4.78, 5) is 26.0. The molecule has 0 saturated heterocycles. The van der Waals surface area contributed by atoms with E-state index in [0.717, 1.165) is 0 Å². The van der Waals surface area contributed by atoms with E-state index in [1.165, 1.54) is 24.3 Å². The van der Waals surface area contributed by atoms with Gasteiger partial charge in [0.1, 0.15) is 12.8 Å². The molecule has 1 N–H and O–H groups in total. The van der Waals surface area contributed by atoms with Gasteiger partial charge in [-0.1, -0.05) is 28.9 Å². The topological polar surface area (TPSA) is 84.7 Å². The van der Waals surface area contributed by atoms with Crippen LogP contribution in [0.15, 0.2) is 41.1 Å². The Hall–Kier alpha value is -2.38. The van der Waals surface area contributed by atoms with Crippen molar-refractivity contribution in [1.82, 2.24) is 10.1 Å². The van der Waals surface area contributed by atoms with Crippen LogP contribution in [-0.4, -0.2) is 48.7 Å². The van der Waals surface area contributed by atoms with Gasteiger partial charge in [0, 0.05) is 19.7 Å². The van der Waals surface area contributed by atoms with E-state index in [2.05, 4.69) is 15.0 Å². The number of carbonyl (C=O) groups excluding carboxylic acids is 2. The second-order valence-electron chi connectivity index (χ2n) is 4.63. The zero-order valence-electron chi connectivity index (χ0n) is 12.5. The lowest BCUT2D eigenvalue weighted by Crippen LogP contribution is -2.40. The number of ether oxygens (including phenoxy) is 1. The normalized spacial score (nSPS) is 10.3. The number of benzene rings is 1. The Labute approximate surface area is 138 Å². The monoisotopic (exact) mass is 337 g/mol. The third kappa shape index (κ3) is 4.80. The number of nitrogens with one attached hydrogen (secondary N) is 1. The molecule has 0 spiro atoms. The average Bonchev–Trinajstić information content (AvgIpc) is 3.04. The van der Waals surface area contributed by atoms with Crippen molar-refractivity contribution in [3.63, 3.8) is 0 Å². The molecule has 7 nitrogen and oxygen atoms in total. The number of carbonyl (C=O) groups is 2. The number of nitrogens with zero attached hydrogens (tertiary/aromatic N) is 2. The van der Waals surface area contributed by atoms with E-state index >= 15 is 0 Å². The summed E-state index contributed by atoms with van der Waals surface area (Å²) in [7, 11) is 1.52. The predicted octanol–water partition coefficient (Wildman–Crippen LogP) is 2.06. The van der Waals surface area contributed by atoms with Crippen LogP contribution in [0.25, 0.3) is 0 Å². The lowest BCUT2D eigenvalue weighted by Gasteiger charge is -2.22. The minimum Gasteiger partial charge on any atom is -0.383 e. The molecule has 0 fully saturated rings. The Bertz CT molecular complexity index is 661. The van der Waals surface area contributed by atoms with Crippen LogP contribution in [0.1, 0.15) is 10.4 Å². The molecule has 0 bridgehead atoms. The zero-order chi connectivity index (χ0) is 16.7. The fraction of sp³-hybridized carbons (Fsp3) is 0.267. The number of amides is 2. The molecule has 0 aliphatic carbocycles. The maximum absolute atomic E-state index is 12.6. The minimum absolute atomic E-state index is 0.153. The molecule has 0 aliphatic heterocycles. The molecule has 1 aromatic heterocycles. The second kappa shape index (κ2) is 8.30. The van der Waals surface area contributed by atoms with Gasteiger partial charge in [0.2, 0.25) is 5.91 Å². The average molecular weight is 338 g/mol. The maximum atomic E-state index is 12.6. The van der Waals surface area contributed by atoms with E-state index in [9.17, 15) is 9.59 Å². The Morgan fingerprint density at radius 2 is 2.13 bits per heavy atom. The van der Waals surface area contributed by atoms with E-state index < -0.39 is 5.91 Å². The van der Waals surface area contributed by atoms with Crippen molar-refractivity contribution >= 4 is 29.2 Å². The van der Waals surface area contributed by atoms with Crippen LogP contribution in [0.4, 0.5) is 5.82 Å². The molecule has 0 aliphatic rings. The molecule has 0 saturated carbocycles. The molecule has 0 radical (unpaired) electrons. The van der Waals surface area contributed by atoms with Crippen LogP contribution in [0.3, 0.4) is 0 Å². The summed E-state index contributed by atoms with van der Waals surface area (Å²) in [5, 5.41) is 6.46. The molecule has 0 atom stereocenters. The summed E-state index contributed by atoms with van der Waals surface area (Å²) in [6, 6.07) is 8.19. The standard InChI is InChI=1S/C15H16ClN3O4/c1-22-9-7-19(10-14(20)17-13-6-8-23-18-13)15(21)11-4-2-3-5-12(11)16/h2-6,8H,7,9-10H2,1H3,(H,17,18,20). The van der Waals surface area contributed by atoms with Gasteiger partial charge in [0.05, 0.1) is 17.2 Å². The number of rotatable bonds is 7. The molecular weight excluding hydrogens is 322 g/mol. The molecule has 2 amide bonds. The molecule has 8 heteroatoms. The number of anilines is 1. The van der Waals surface area contributed by atoms with Gasteiger partial charge in [0.15, 0.2) is 5.82 Å². The first-order chi connectivity index (χ1) is 11.1. The van der Waals surface area contributed by atoms with Crippen molar-refractivity contribution in [2.75, 3.05) is 32.1 Å². The van der Waals surface area contributed by atoms with Gasteiger partial charge in [-0.3, -0.25) is 9.59 Å². The van der Waals surface area contributed by atoms with Crippen LogP contribution >= 0.6 is 11.6 Å². The van der Waals surface area contributed by atoms with Crippen molar-refractivity contribution < 1.29 is 18.8 Å². The highest BCUT2D eigenvalue weighted by molar-refractivity contribution is 6.33. The van der Waals surface area contributed by atoms with Crippen LogP contribution in [0.5, 0.6) is 0 Å². The summed E-state index contributed by atoms with van der Waals surface area (Å²) in [5.41, 5.74) is 0.333. The number of hydrogen-bond acceptors (Lipinski definition) is 5. The molecule has 1 aromatic carbocycles. The van der Waals surface area contributed by atoms with E-state index in [4.69, 9.17) is 16.3 Å². The van der Waals surface area contributed by atoms with Crippen molar-refractivity contribution in [3.05, 3.63) is 47.2 Å². The molecule has 1 heterocycles. The van der Waals surface area contributed by atoms with Crippen molar-refractivity contribution in [1.29, 1.82) is 0 Å². The van der Waals surface area contributed by atoms with Gasteiger partial charge in [-0.2, -0.15) is 0 Å². The number of methoxy groups -OCH3 is 1. The Kier molecular flexibility index (Phi) is 6.13. The smallest absolute Gasteiger partial charge is 0.255 e. The highest BCUT2D eigenvalue weighted by atomic mass is 35.5. The highest BCUT2D eigenvalue weighted by Gasteiger charge is 2.21. The first kappa shape index (κ1) is 17.0. The van der Waals surface area contributed by atoms with Crippen molar-refractivity contribution in [2.24, 2.45) is 0 Å². The van der Waals surface area contributed by atoms with Crippen LogP contribution in [-0.2, 0) is 9.53 Å². The van der Waals surface area contributed by atoms with E-state index in [1.807, 2.05) is 0 Å². The minimum atomic E-state index is -0.393. The lowest BCUT2D eigenvalue weighted by atomic mass is 10.2. The fourth-order valence-corrected chi connectivity index (χ4v) is 2.11. The quantitative estimate of drug-likeness (QED) is 0.836. The Morgan fingerprint density at radius 3 is 2.78 bits per heavy atom. The van der Waals surface area contributed by atoms with E-state index in [-0.39, 0.29) is 24.8 Å². The molecule has 0 unspecified atom stereocenters. The molecule has 2 aromatic rings. The highest BCUT2D eigenvalue weighted by Crippen LogP contribution is 2.17. The number of hydrogen-bond donors (Lipinski definition) is 1. The van der Waals surface area contributed by atoms with Gasteiger partial charge < -0.3 is 19.5 Å². The lowest BCUT2D eigenvalue weighted by molar-refractivity contribution is -0.117. The third-order valence-corrected chi connectivity index (χ3v) is 3.33. The van der Waals surface area contributed by atoms with E-state index in [1.54, 1.807) is 24.3 Å². The summed E-state index contributed by atoms with van der Waals surface area (Å²) in [6.07, 6.45) is 1.34. The van der Waals surface area contributed by atoms with Gasteiger partial charge in [-0.25, -0.2) is 0 Å².